The van der Waals surface area contributed by atoms with Crippen molar-refractivity contribution < 1.29 is 27.4 Å². The number of carbonyl (C=O) groups is 1. The molecule has 198 valence electrons. The van der Waals surface area contributed by atoms with Gasteiger partial charge in [0.15, 0.2) is 0 Å². The highest BCUT2D eigenvalue weighted by molar-refractivity contribution is 5.69. The lowest BCUT2D eigenvalue weighted by atomic mass is 10.0. The van der Waals surface area contributed by atoms with Crippen molar-refractivity contribution in [2.24, 2.45) is 7.05 Å². The molecule has 1 amide bonds. The van der Waals surface area contributed by atoms with Gasteiger partial charge in [-0.15, -0.1) is 0 Å². The molecule has 1 aromatic carbocycles. The van der Waals surface area contributed by atoms with Crippen LogP contribution in [-0.2, 0) is 29.1 Å². The quantitative estimate of drug-likeness (QED) is 0.610. The second-order valence-corrected chi connectivity index (χ2v) is 8.72. The number of nitrogens with one attached hydrogen (secondary N) is 1. The van der Waals surface area contributed by atoms with Gasteiger partial charge in [0.1, 0.15) is 11.5 Å². The van der Waals surface area contributed by atoms with E-state index >= 15 is 0 Å². The molecule has 0 saturated carbocycles. The van der Waals surface area contributed by atoms with Crippen molar-refractivity contribution in [3.63, 3.8) is 0 Å². The van der Waals surface area contributed by atoms with Crippen LogP contribution in [0.25, 0.3) is 11.4 Å². The van der Waals surface area contributed by atoms with Gasteiger partial charge in [0.05, 0.1) is 37.1 Å². The molecule has 1 fully saturated rings. The summed E-state index contributed by atoms with van der Waals surface area (Å²) >= 11 is 0. The SMILES string of the molecule is CCO[C@H]1CN(C(=O)OC)C[C@H]1Nc1c(CC)nc(-c2ccc(N(C)C)cc2C(F)(F)F)n(C)c1=O. The number of hydrogen-bond acceptors (Lipinski definition) is 7. The highest BCUT2D eigenvalue weighted by Gasteiger charge is 2.38. The molecule has 9 nitrogen and oxygen atoms in total. The van der Waals surface area contributed by atoms with Crippen LogP contribution in [0.1, 0.15) is 25.1 Å². The number of hydrogen-bond donors (Lipinski definition) is 1. The van der Waals surface area contributed by atoms with E-state index in [1.807, 2.05) is 6.92 Å². The Morgan fingerprint density at radius 3 is 2.50 bits per heavy atom. The number of aryl methyl sites for hydroxylation is 1. The molecule has 0 aliphatic carbocycles. The molecular formula is C24H32F3N5O4. The second-order valence-electron chi connectivity index (χ2n) is 8.72. The zero-order chi connectivity index (χ0) is 26.8. The number of rotatable bonds is 7. The Morgan fingerprint density at radius 1 is 1.25 bits per heavy atom. The average molecular weight is 512 g/mol. The molecule has 1 saturated heterocycles. The van der Waals surface area contributed by atoms with Gasteiger partial charge < -0.3 is 24.6 Å². The Morgan fingerprint density at radius 2 is 1.94 bits per heavy atom. The summed E-state index contributed by atoms with van der Waals surface area (Å²) in [6.07, 6.45) is -5.26. The van der Waals surface area contributed by atoms with E-state index in [-0.39, 0.29) is 30.2 Å². The van der Waals surface area contributed by atoms with Gasteiger partial charge in [-0.2, -0.15) is 13.2 Å². The van der Waals surface area contributed by atoms with Crippen molar-refractivity contribution >= 4 is 17.5 Å². The molecule has 1 aliphatic heterocycles. The molecule has 0 bridgehead atoms. The number of halogens is 3. The summed E-state index contributed by atoms with van der Waals surface area (Å²) in [7, 11) is 5.98. The smallest absolute Gasteiger partial charge is 0.417 e. The third-order valence-corrected chi connectivity index (χ3v) is 6.18. The van der Waals surface area contributed by atoms with Crippen molar-refractivity contribution in [1.29, 1.82) is 0 Å². The number of nitrogens with zero attached hydrogens (tertiary/aromatic N) is 4. The first-order valence-electron chi connectivity index (χ1n) is 11.6. The number of aromatic nitrogens is 2. The first-order chi connectivity index (χ1) is 16.9. The summed E-state index contributed by atoms with van der Waals surface area (Å²) in [6, 6.07) is 3.51. The minimum atomic E-state index is -4.64. The predicted octanol–water partition coefficient (Wildman–Crippen LogP) is 3.36. The van der Waals surface area contributed by atoms with Crippen LogP contribution in [0.15, 0.2) is 23.0 Å². The minimum absolute atomic E-state index is 0.0796. The van der Waals surface area contributed by atoms with Crippen LogP contribution in [0.2, 0.25) is 0 Å². The third kappa shape index (κ3) is 5.43. The van der Waals surface area contributed by atoms with Crippen molar-refractivity contribution in [3.8, 4) is 11.4 Å². The monoisotopic (exact) mass is 511 g/mol. The van der Waals surface area contributed by atoms with Gasteiger partial charge in [0.25, 0.3) is 5.56 Å². The summed E-state index contributed by atoms with van der Waals surface area (Å²) in [4.78, 5) is 33.0. The maximum absolute atomic E-state index is 14.0. The largest absolute Gasteiger partial charge is 0.453 e. The molecule has 12 heteroatoms. The normalized spacial score (nSPS) is 17.9. The van der Waals surface area contributed by atoms with Crippen molar-refractivity contribution in [2.45, 2.75) is 38.6 Å². The molecule has 0 radical (unpaired) electrons. The van der Waals surface area contributed by atoms with E-state index in [1.165, 1.54) is 25.1 Å². The molecule has 0 spiro atoms. The lowest BCUT2D eigenvalue weighted by molar-refractivity contribution is -0.137. The molecule has 1 aromatic heterocycles. The van der Waals surface area contributed by atoms with Crippen LogP contribution in [0.5, 0.6) is 0 Å². The molecule has 3 rings (SSSR count). The lowest BCUT2D eigenvalue weighted by Crippen LogP contribution is -2.38. The number of alkyl halides is 3. The number of amides is 1. The van der Waals surface area contributed by atoms with Crippen LogP contribution in [0.3, 0.4) is 0 Å². The summed E-state index contributed by atoms with van der Waals surface area (Å²) in [5.41, 5.74) is -0.705. The average Bonchev–Trinajstić information content (AvgIpc) is 3.23. The first kappa shape index (κ1) is 27.3. The number of carbonyl (C=O) groups excluding carboxylic acids is 1. The number of methoxy groups -OCH3 is 1. The standard InChI is InChI=1S/C24H32F3N5O4/c1-7-17-20(28-18-12-32(23(34)35-6)13-19(18)36-8-2)22(33)31(5)21(29-17)15-10-9-14(30(3)4)11-16(15)24(25,26)27/h9-11,18-19,28H,7-8,12-13H2,1-6H3/t18-,19+/m1/s1. The Kier molecular flexibility index (Phi) is 8.17. The van der Waals surface area contributed by atoms with Crippen LogP contribution < -0.4 is 15.8 Å². The van der Waals surface area contributed by atoms with E-state index in [2.05, 4.69) is 10.3 Å². The van der Waals surface area contributed by atoms with E-state index in [4.69, 9.17) is 9.47 Å². The summed E-state index contributed by atoms with van der Waals surface area (Å²) < 4.78 is 53.6. The second kappa shape index (κ2) is 10.8. The Balaban J connectivity index is 2.08. The van der Waals surface area contributed by atoms with Crippen molar-refractivity contribution in [1.82, 2.24) is 14.5 Å². The summed E-state index contributed by atoms with van der Waals surface area (Å²) in [5.74, 6) is -0.0796. The maximum Gasteiger partial charge on any atom is 0.417 e. The fraction of sp³-hybridized carbons (Fsp3) is 0.542. The van der Waals surface area contributed by atoms with Crippen LogP contribution in [-0.4, -0.2) is 73.6 Å². The van der Waals surface area contributed by atoms with E-state index in [0.29, 0.717) is 24.4 Å². The molecular weight excluding hydrogens is 479 g/mol. The molecule has 2 atom stereocenters. The van der Waals surface area contributed by atoms with E-state index in [0.717, 1.165) is 10.6 Å². The van der Waals surface area contributed by atoms with Gasteiger partial charge in [-0.25, -0.2) is 9.78 Å². The fourth-order valence-corrected chi connectivity index (χ4v) is 4.29. The zero-order valence-corrected chi connectivity index (χ0v) is 21.3. The first-order valence-corrected chi connectivity index (χ1v) is 11.6. The van der Waals surface area contributed by atoms with E-state index < -0.39 is 35.5 Å². The lowest BCUT2D eigenvalue weighted by Gasteiger charge is -2.23. The van der Waals surface area contributed by atoms with Gasteiger partial charge in [-0.1, -0.05) is 6.92 Å². The molecule has 1 aliphatic rings. The molecule has 1 N–H and O–H groups in total. The van der Waals surface area contributed by atoms with Gasteiger partial charge in [0.2, 0.25) is 0 Å². The number of benzene rings is 1. The highest BCUT2D eigenvalue weighted by Crippen LogP contribution is 2.38. The summed E-state index contributed by atoms with van der Waals surface area (Å²) in [5, 5.41) is 3.16. The van der Waals surface area contributed by atoms with E-state index in [1.54, 1.807) is 32.0 Å². The topological polar surface area (TPSA) is 88.9 Å². The van der Waals surface area contributed by atoms with Crippen LogP contribution >= 0.6 is 0 Å². The van der Waals surface area contributed by atoms with Crippen LogP contribution in [0, 0.1) is 0 Å². The predicted molar refractivity (Wildman–Crippen MR) is 130 cm³/mol. The Bertz CT molecular complexity index is 1170. The Hall–Kier alpha value is -3.28. The van der Waals surface area contributed by atoms with Gasteiger partial charge in [0, 0.05) is 45.5 Å². The van der Waals surface area contributed by atoms with Gasteiger partial charge >= 0.3 is 12.3 Å². The molecule has 0 unspecified atom stereocenters. The van der Waals surface area contributed by atoms with Crippen LogP contribution in [0.4, 0.5) is 29.3 Å². The number of anilines is 2. The highest BCUT2D eigenvalue weighted by atomic mass is 19.4. The number of likely N-dealkylation sites (tertiary alicyclic amines) is 1. The van der Waals surface area contributed by atoms with Gasteiger partial charge in [-0.05, 0) is 31.5 Å². The molecule has 2 aromatic rings. The minimum Gasteiger partial charge on any atom is -0.453 e. The molecule has 2 heterocycles. The molecule has 36 heavy (non-hydrogen) atoms. The summed E-state index contributed by atoms with van der Waals surface area (Å²) in [6.45, 7) is 4.50. The van der Waals surface area contributed by atoms with Crippen molar-refractivity contribution in [2.75, 3.05) is 51.1 Å². The Labute approximate surface area is 207 Å². The third-order valence-electron chi connectivity index (χ3n) is 6.18. The van der Waals surface area contributed by atoms with Crippen molar-refractivity contribution in [3.05, 3.63) is 39.8 Å². The number of ether oxygens (including phenoxy) is 2. The maximum atomic E-state index is 14.0. The zero-order valence-electron chi connectivity index (χ0n) is 21.3. The fourth-order valence-electron chi connectivity index (χ4n) is 4.29. The van der Waals surface area contributed by atoms with Gasteiger partial charge in [-0.3, -0.25) is 9.36 Å². The van der Waals surface area contributed by atoms with E-state index in [9.17, 15) is 22.8 Å².